The average Bonchev–Trinajstić information content (AvgIpc) is 3.39. The molecule has 0 spiro atoms. The van der Waals surface area contributed by atoms with Crippen molar-refractivity contribution in [2.24, 2.45) is 5.92 Å². The summed E-state index contributed by atoms with van der Waals surface area (Å²) in [6, 6.07) is 7.81. The maximum Gasteiger partial charge on any atom is 0.418 e. The summed E-state index contributed by atoms with van der Waals surface area (Å²) in [4.78, 5) is 60.2. The molecule has 3 amide bonds. The average molecular weight is 591 g/mol. The van der Waals surface area contributed by atoms with E-state index in [1.165, 1.54) is 29.1 Å². The lowest BCUT2D eigenvalue weighted by molar-refractivity contribution is -0.137. The number of nitrogens with zero attached hydrogens (tertiary/aromatic N) is 4. The third-order valence-electron chi connectivity index (χ3n) is 7.20. The fourth-order valence-corrected chi connectivity index (χ4v) is 8.14. The Bertz CT molecular complexity index is 1550. The van der Waals surface area contributed by atoms with Crippen molar-refractivity contribution in [3.05, 3.63) is 74.5 Å². The van der Waals surface area contributed by atoms with E-state index < -0.39 is 51.2 Å². The van der Waals surface area contributed by atoms with Crippen molar-refractivity contribution in [1.82, 2.24) is 14.5 Å². The second kappa shape index (κ2) is 10.2. The van der Waals surface area contributed by atoms with Crippen LogP contribution in [0.2, 0.25) is 0 Å². The lowest BCUT2D eigenvalue weighted by Crippen LogP contribution is -2.43. The minimum absolute atomic E-state index is 0.266. The Labute approximate surface area is 233 Å². The molecule has 0 unspecified atom stereocenters. The Hall–Kier alpha value is -3.49. The summed E-state index contributed by atoms with van der Waals surface area (Å²) < 4.78 is 48.2. The van der Waals surface area contributed by atoms with E-state index in [-0.39, 0.29) is 12.5 Å². The van der Waals surface area contributed by atoms with Gasteiger partial charge in [-0.3, -0.25) is 28.7 Å². The first-order valence-electron chi connectivity index (χ1n) is 12.4. The first-order valence-corrected chi connectivity index (χ1v) is 14.1. The molecule has 1 aromatic carbocycles. The number of halogens is 3. The highest BCUT2D eigenvalue weighted by molar-refractivity contribution is 8.00. The Morgan fingerprint density at radius 2 is 1.80 bits per heavy atom. The molecule has 2 saturated heterocycles. The Morgan fingerprint density at radius 3 is 2.50 bits per heavy atom. The number of ether oxygens (including phenoxy) is 1. The second-order valence-corrected chi connectivity index (χ2v) is 11.6. The molecular weight excluding hydrogens is 569 g/mol. The second-order valence-electron chi connectivity index (χ2n) is 9.47. The van der Waals surface area contributed by atoms with Gasteiger partial charge in [0.15, 0.2) is 0 Å². The molecule has 3 aromatic rings. The van der Waals surface area contributed by atoms with Crippen LogP contribution < -0.4 is 9.77 Å². The smallest absolute Gasteiger partial charge is 0.378 e. The summed E-state index contributed by atoms with van der Waals surface area (Å²) >= 11 is 1.82. The van der Waals surface area contributed by atoms with Crippen LogP contribution in [-0.2, 0) is 31.8 Å². The van der Waals surface area contributed by atoms with Gasteiger partial charge < -0.3 is 9.64 Å². The normalized spacial score (nSPS) is 22.8. The molecule has 0 radical (unpaired) electrons. The number of imide groups is 1. The van der Waals surface area contributed by atoms with Gasteiger partial charge in [-0.2, -0.15) is 13.2 Å². The minimum Gasteiger partial charge on any atom is -0.378 e. The molecule has 14 heteroatoms. The van der Waals surface area contributed by atoms with Gasteiger partial charge in [0, 0.05) is 36.3 Å². The molecule has 3 atom stereocenters. The lowest BCUT2D eigenvalue weighted by Gasteiger charge is -2.31. The van der Waals surface area contributed by atoms with Crippen LogP contribution in [0.5, 0.6) is 0 Å². The topological polar surface area (TPSA) is 102 Å². The highest BCUT2D eigenvalue weighted by atomic mass is 32.2. The van der Waals surface area contributed by atoms with Crippen LogP contribution in [0.1, 0.15) is 21.9 Å². The summed E-state index contributed by atoms with van der Waals surface area (Å²) in [5, 5.41) is -0.746. The highest BCUT2D eigenvalue weighted by Gasteiger charge is 2.57. The number of benzene rings is 1. The van der Waals surface area contributed by atoms with Crippen LogP contribution in [0.3, 0.4) is 0 Å². The molecule has 0 aliphatic carbocycles. The summed E-state index contributed by atoms with van der Waals surface area (Å²) in [5.74, 6) is -3.76. The molecule has 0 bridgehead atoms. The molecule has 0 N–H and O–H groups in total. The number of aromatic nitrogens is 2. The Kier molecular flexibility index (Phi) is 6.79. The van der Waals surface area contributed by atoms with Crippen LogP contribution in [0, 0.1) is 5.92 Å². The molecule has 3 aliphatic rings. The van der Waals surface area contributed by atoms with Crippen LogP contribution in [0.4, 0.5) is 18.9 Å². The van der Waals surface area contributed by atoms with Crippen molar-refractivity contribution >= 4 is 46.5 Å². The number of anilines is 1. The number of carbonyl (C=O) groups is 3. The van der Waals surface area contributed by atoms with Gasteiger partial charge in [-0.25, -0.2) is 4.90 Å². The number of para-hydroxylation sites is 1. The number of thioether (sulfide) groups is 1. The van der Waals surface area contributed by atoms with Crippen molar-refractivity contribution in [1.29, 1.82) is 0 Å². The van der Waals surface area contributed by atoms with E-state index in [2.05, 4.69) is 4.98 Å². The quantitative estimate of drug-likeness (QED) is 0.431. The molecular formula is C26H21F3N4O5S2. The molecule has 6 rings (SSSR count). The number of pyridine rings is 1. The number of alkyl halides is 3. The summed E-state index contributed by atoms with van der Waals surface area (Å²) in [5.41, 5.74) is -1.09. The largest absolute Gasteiger partial charge is 0.418 e. The monoisotopic (exact) mass is 590 g/mol. The van der Waals surface area contributed by atoms with E-state index in [0.29, 0.717) is 46.7 Å². The maximum atomic E-state index is 13.9. The molecule has 5 heterocycles. The van der Waals surface area contributed by atoms with Crippen molar-refractivity contribution < 1.29 is 32.3 Å². The standard InChI is InChI=1S/C26H21F3N4O5S2/c27-26(28,29)15-5-1-2-6-16(15)33-22(35)19-18(14-4-3-7-30-12-14)21-24(39-20(19)23(33)36)32(25(37)40-21)13-17(34)31-8-10-38-11-9-31/h1-7,12,18-20H,8-11,13H2/t18-,19-,20+/m0/s1. The number of morpholine rings is 1. The van der Waals surface area contributed by atoms with Gasteiger partial charge >= 0.3 is 11.0 Å². The van der Waals surface area contributed by atoms with Crippen LogP contribution in [0.25, 0.3) is 0 Å². The first kappa shape index (κ1) is 26.7. The van der Waals surface area contributed by atoms with E-state index in [9.17, 15) is 32.3 Å². The van der Waals surface area contributed by atoms with Crippen LogP contribution in [0.15, 0.2) is 58.6 Å². The van der Waals surface area contributed by atoms with Crippen molar-refractivity contribution in [2.45, 2.75) is 28.9 Å². The highest BCUT2D eigenvalue weighted by Crippen LogP contribution is 2.54. The number of carbonyl (C=O) groups excluding carboxylic acids is 3. The van der Waals surface area contributed by atoms with Gasteiger partial charge in [0.2, 0.25) is 17.7 Å². The molecule has 2 aromatic heterocycles. The Balaban J connectivity index is 1.44. The van der Waals surface area contributed by atoms with E-state index in [1.807, 2.05) is 0 Å². The maximum absolute atomic E-state index is 13.9. The van der Waals surface area contributed by atoms with Crippen molar-refractivity contribution in [3.63, 3.8) is 0 Å². The van der Waals surface area contributed by atoms with Gasteiger partial charge in [-0.1, -0.05) is 41.3 Å². The number of hydrogen-bond donors (Lipinski definition) is 0. The SMILES string of the molecule is O=C(Cn1c2c(sc1=O)[C@@H](c1cccnc1)[C@@H]1C(=O)N(c3ccccc3C(F)(F)F)C(=O)[C@@H]1S2)N1CCOCC1. The number of rotatable bonds is 4. The molecule has 208 valence electrons. The third kappa shape index (κ3) is 4.43. The Morgan fingerprint density at radius 1 is 1.05 bits per heavy atom. The zero-order valence-corrected chi connectivity index (χ0v) is 22.3. The van der Waals surface area contributed by atoms with E-state index in [4.69, 9.17) is 4.74 Å². The van der Waals surface area contributed by atoms with Crippen molar-refractivity contribution in [3.8, 4) is 0 Å². The predicted octanol–water partition coefficient (Wildman–Crippen LogP) is 2.98. The van der Waals surface area contributed by atoms with Gasteiger partial charge in [-0.15, -0.1) is 0 Å². The van der Waals surface area contributed by atoms with Gasteiger partial charge in [-0.05, 0) is 23.8 Å². The number of thiazole rings is 1. The zero-order chi connectivity index (χ0) is 28.2. The fourth-order valence-electron chi connectivity index (χ4n) is 5.37. The molecule has 0 saturated carbocycles. The van der Waals surface area contributed by atoms with Crippen LogP contribution in [-0.4, -0.2) is 63.7 Å². The van der Waals surface area contributed by atoms with Gasteiger partial charge in [0.1, 0.15) is 11.8 Å². The zero-order valence-electron chi connectivity index (χ0n) is 20.7. The summed E-state index contributed by atoms with van der Waals surface area (Å²) in [6.45, 7) is 1.27. The summed E-state index contributed by atoms with van der Waals surface area (Å²) in [7, 11) is 0. The van der Waals surface area contributed by atoms with Gasteiger partial charge in [0.05, 0.1) is 35.4 Å². The lowest BCUT2D eigenvalue weighted by atomic mass is 9.84. The summed E-state index contributed by atoms with van der Waals surface area (Å²) in [6.07, 6.45) is -1.75. The van der Waals surface area contributed by atoms with E-state index in [0.717, 1.165) is 35.2 Å². The van der Waals surface area contributed by atoms with Crippen LogP contribution >= 0.6 is 23.1 Å². The molecule has 40 heavy (non-hydrogen) atoms. The van der Waals surface area contributed by atoms with Crippen molar-refractivity contribution in [2.75, 3.05) is 31.2 Å². The third-order valence-corrected chi connectivity index (χ3v) is 9.80. The number of fused-ring (bicyclic) bond motifs is 2. The van der Waals surface area contributed by atoms with E-state index >= 15 is 0 Å². The molecule has 3 aliphatic heterocycles. The molecule has 2 fully saturated rings. The number of hydrogen-bond acceptors (Lipinski definition) is 8. The minimum atomic E-state index is -4.79. The van der Waals surface area contributed by atoms with E-state index in [1.54, 1.807) is 17.0 Å². The van der Waals surface area contributed by atoms with Gasteiger partial charge in [0.25, 0.3) is 0 Å². The fraction of sp³-hybridized carbons (Fsp3) is 0.346. The molecule has 9 nitrogen and oxygen atoms in total. The predicted molar refractivity (Wildman–Crippen MR) is 139 cm³/mol. The first-order chi connectivity index (χ1) is 19.2. The number of amides is 3.